The van der Waals surface area contributed by atoms with E-state index in [1.54, 1.807) is 6.92 Å². The minimum absolute atomic E-state index is 0.278. The van der Waals surface area contributed by atoms with Gasteiger partial charge in [-0.1, -0.05) is 37.6 Å². The Morgan fingerprint density at radius 1 is 1.15 bits per heavy atom. The summed E-state index contributed by atoms with van der Waals surface area (Å²) in [5.74, 6) is -0.374. The van der Waals surface area contributed by atoms with Crippen LogP contribution < -0.4 is 10.6 Å². The monoisotopic (exact) mass is 371 g/mol. The zero-order valence-electron chi connectivity index (χ0n) is 16.2. The topological polar surface area (TPSA) is 70.7 Å². The molecule has 1 saturated heterocycles. The Hall–Kier alpha value is -2.34. The van der Waals surface area contributed by atoms with Gasteiger partial charge in [0.2, 0.25) is 0 Å². The van der Waals surface area contributed by atoms with Crippen molar-refractivity contribution in [1.82, 2.24) is 15.5 Å². The minimum Gasteiger partial charge on any atom is -0.463 e. The lowest BCUT2D eigenvalue weighted by Crippen LogP contribution is -2.49. The number of hydrogen-bond acceptors (Lipinski definition) is 4. The lowest BCUT2D eigenvalue weighted by molar-refractivity contribution is -0.139. The molecule has 2 aliphatic heterocycles. The molecule has 1 aromatic rings. The highest BCUT2D eigenvalue weighted by molar-refractivity contribution is 5.95. The van der Waals surface area contributed by atoms with Crippen molar-refractivity contribution >= 4 is 12.0 Å². The Bertz CT molecular complexity index is 706. The first-order valence-corrected chi connectivity index (χ1v) is 9.91. The number of benzene rings is 1. The molecule has 6 nitrogen and oxygen atoms in total. The van der Waals surface area contributed by atoms with Gasteiger partial charge in [0.1, 0.15) is 0 Å². The summed E-state index contributed by atoms with van der Waals surface area (Å²) in [6, 6.07) is 7.26. The number of carbonyl (C=O) groups is 2. The SMILES string of the molecule is CCOC(=O)C1=C(CN2CCCCC2)NC(=O)N[C@H]1c1ccc(CC)cc1. The molecule has 0 bridgehead atoms. The second kappa shape index (κ2) is 9.04. The van der Waals surface area contributed by atoms with Crippen LogP contribution in [0.15, 0.2) is 35.5 Å². The van der Waals surface area contributed by atoms with Crippen molar-refractivity contribution in [2.75, 3.05) is 26.2 Å². The molecule has 1 atom stereocenters. The van der Waals surface area contributed by atoms with Gasteiger partial charge in [0.15, 0.2) is 0 Å². The highest BCUT2D eigenvalue weighted by atomic mass is 16.5. The Balaban J connectivity index is 1.95. The van der Waals surface area contributed by atoms with Crippen LogP contribution >= 0.6 is 0 Å². The molecule has 1 fully saturated rings. The Labute approximate surface area is 161 Å². The van der Waals surface area contributed by atoms with Crippen molar-refractivity contribution in [3.8, 4) is 0 Å². The van der Waals surface area contributed by atoms with Gasteiger partial charge in [0.05, 0.1) is 18.2 Å². The van der Waals surface area contributed by atoms with E-state index in [1.807, 2.05) is 24.3 Å². The average molecular weight is 371 g/mol. The predicted octanol–water partition coefficient (Wildman–Crippen LogP) is 2.91. The Morgan fingerprint density at radius 2 is 1.85 bits per heavy atom. The summed E-state index contributed by atoms with van der Waals surface area (Å²) >= 11 is 0. The number of nitrogens with zero attached hydrogens (tertiary/aromatic N) is 1. The smallest absolute Gasteiger partial charge is 0.338 e. The number of nitrogens with one attached hydrogen (secondary N) is 2. The fraction of sp³-hybridized carbons (Fsp3) is 0.524. The molecule has 2 heterocycles. The number of likely N-dealkylation sites (tertiary alicyclic amines) is 1. The van der Waals surface area contributed by atoms with Crippen molar-refractivity contribution in [3.63, 3.8) is 0 Å². The van der Waals surface area contributed by atoms with E-state index in [0.29, 0.717) is 24.4 Å². The summed E-state index contributed by atoms with van der Waals surface area (Å²) in [6.07, 6.45) is 4.48. The molecule has 0 radical (unpaired) electrons. The lowest BCUT2D eigenvalue weighted by Gasteiger charge is -2.33. The summed E-state index contributed by atoms with van der Waals surface area (Å²) in [6.45, 7) is 6.72. The molecular weight excluding hydrogens is 342 g/mol. The third-order valence-corrected chi connectivity index (χ3v) is 5.20. The highest BCUT2D eigenvalue weighted by Gasteiger charge is 2.34. The van der Waals surface area contributed by atoms with Crippen molar-refractivity contribution in [2.45, 2.75) is 45.6 Å². The van der Waals surface area contributed by atoms with Crippen LogP contribution in [0, 0.1) is 0 Å². The van der Waals surface area contributed by atoms with Gasteiger partial charge in [0.25, 0.3) is 0 Å². The van der Waals surface area contributed by atoms with Gasteiger partial charge < -0.3 is 15.4 Å². The van der Waals surface area contributed by atoms with Crippen LogP contribution in [0.1, 0.15) is 50.3 Å². The maximum Gasteiger partial charge on any atom is 0.338 e. The second-order valence-corrected chi connectivity index (χ2v) is 7.08. The van der Waals surface area contributed by atoms with Gasteiger partial charge in [0, 0.05) is 12.2 Å². The van der Waals surface area contributed by atoms with Crippen LogP contribution in [0.3, 0.4) is 0 Å². The number of ether oxygens (including phenoxy) is 1. The second-order valence-electron chi connectivity index (χ2n) is 7.08. The van der Waals surface area contributed by atoms with Gasteiger partial charge in [-0.2, -0.15) is 0 Å². The van der Waals surface area contributed by atoms with E-state index in [0.717, 1.165) is 37.9 Å². The van der Waals surface area contributed by atoms with Gasteiger partial charge in [-0.15, -0.1) is 0 Å². The molecule has 0 unspecified atom stereocenters. The average Bonchev–Trinajstić information content (AvgIpc) is 2.68. The van der Waals surface area contributed by atoms with Gasteiger partial charge >= 0.3 is 12.0 Å². The fourth-order valence-corrected chi connectivity index (χ4v) is 3.73. The zero-order valence-corrected chi connectivity index (χ0v) is 16.2. The maximum absolute atomic E-state index is 12.8. The standard InChI is InChI=1S/C21H29N3O3/c1-3-15-8-10-16(11-9-15)19-18(20(25)27-4-2)17(22-21(26)23-19)14-24-12-6-5-7-13-24/h8-11,19H,3-7,12-14H2,1-2H3,(H2,22,23,26)/t19-/m0/s1. The molecule has 6 heteroatoms. The first-order valence-electron chi connectivity index (χ1n) is 9.91. The van der Waals surface area contributed by atoms with Gasteiger partial charge in [-0.3, -0.25) is 4.90 Å². The zero-order chi connectivity index (χ0) is 19.2. The molecule has 2 amide bonds. The van der Waals surface area contributed by atoms with E-state index < -0.39 is 6.04 Å². The molecule has 0 spiro atoms. The van der Waals surface area contributed by atoms with Crippen molar-refractivity contribution in [2.24, 2.45) is 0 Å². The number of carbonyl (C=O) groups excluding carboxylic acids is 2. The van der Waals surface area contributed by atoms with Crippen LogP contribution in [0.5, 0.6) is 0 Å². The van der Waals surface area contributed by atoms with Crippen molar-refractivity contribution in [1.29, 1.82) is 0 Å². The van der Waals surface area contributed by atoms with Crippen LogP contribution in [-0.2, 0) is 16.0 Å². The summed E-state index contributed by atoms with van der Waals surface area (Å²) in [5, 5.41) is 5.76. The summed E-state index contributed by atoms with van der Waals surface area (Å²) in [7, 11) is 0. The molecule has 1 aromatic carbocycles. The summed E-state index contributed by atoms with van der Waals surface area (Å²) in [5.41, 5.74) is 3.27. The Kier molecular flexibility index (Phi) is 6.50. The largest absolute Gasteiger partial charge is 0.463 e. The third-order valence-electron chi connectivity index (χ3n) is 5.20. The maximum atomic E-state index is 12.8. The first-order chi connectivity index (χ1) is 13.1. The van der Waals surface area contributed by atoms with Crippen molar-refractivity contribution in [3.05, 3.63) is 46.7 Å². The minimum atomic E-state index is -0.497. The van der Waals surface area contributed by atoms with E-state index in [9.17, 15) is 9.59 Å². The third kappa shape index (κ3) is 4.69. The molecule has 0 aromatic heterocycles. The first kappa shape index (κ1) is 19.4. The number of hydrogen-bond donors (Lipinski definition) is 2. The van der Waals surface area contributed by atoms with Crippen LogP contribution in [0.25, 0.3) is 0 Å². The molecule has 2 aliphatic rings. The Morgan fingerprint density at radius 3 is 2.48 bits per heavy atom. The van der Waals surface area contributed by atoms with Crippen LogP contribution in [0.4, 0.5) is 4.79 Å². The number of piperidine rings is 1. The van der Waals surface area contributed by atoms with E-state index >= 15 is 0 Å². The number of aryl methyl sites for hydroxylation is 1. The van der Waals surface area contributed by atoms with Gasteiger partial charge in [-0.05, 0) is 50.4 Å². The van der Waals surface area contributed by atoms with E-state index in [1.165, 1.54) is 12.0 Å². The molecule has 2 N–H and O–H groups in total. The van der Waals surface area contributed by atoms with Crippen LogP contribution in [0.2, 0.25) is 0 Å². The number of esters is 1. The number of amides is 2. The van der Waals surface area contributed by atoms with Crippen LogP contribution in [-0.4, -0.2) is 43.1 Å². The van der Waals surface area contributed by atoms with E-state index in [2.05, 4.69) is 22.5 Å². The fourth-order valence-electron chi connectivity index (χ4n) is 3.73. The quantitative estimate of drug-likeness (QED) is 0.755. The number of urea groups is 1. The normalized spacial score (nSPS) is 20.8. The molecule has 146 valence electrons. The lowest BCUT2D eigenvalue weighted by atomic mass is 9.94. The molecule has 0 saturated carbocycles. The number of rotatable bonds is 6. The van der Waals surface area contributed by atoms with E-state index in [-0.39, 0.29) is 12.0 Å². The molecule has 3 rings (SSSR count). The molecule has 0 aliphatic carbocycles. The van der Waals surface area contributed by atoms with Crippen molar-refractivity contribution < 1.29 is 14.3 Å². The van der Waals surface area contributed by atoms with E-state index in [4.69, 9.17) is 4.74 Å². The highest BCUT2D eigenvalue weighted by Crippen LogP contribution is 2.29. The summed E-state index contributed by atoms with van der Waals surface area (Å²) < 4.78 is 5.33. The molecular formula is C21H29N3O3. The predicted molar refractivity (Wildman–Crippen MR) is 104 cm³/mol. The van der Waals surface area contributed by atoms with Gasteiger partial charge in [-0.25, -0.2) is 9.59 Å². The summed E-state index contributed by atoms with van der Waals surface area (Å²) in [4.78, 5) is 27.4. The molecule has 27 heavy (non-hydrogen) atoms.